The monoisotopic (exact) mass is 405 g/mol. The van der Waals surface area contributed by atoms with E-state index in [0.29, 0.717) is 45.9 Å². The van der Waals surface area contributed by atoms with E-state index in [1.807, 2.05) is 6.92 Å². The number of aryl methyl sites for hydroxylation is 1. The second kappa shape index (κ2) is 6.55. The van der Waals surface area contributed by atoms with Crippen molar-refractivity contribution in [1.29, 1.82) is 0 Å². The van der Waals surface area contributed by atoms with Crippen molar-refractivity contribution < 1.29 is 9.47 Å². The lowest BCUT2D eigenvalue weighted by Gasteiger charge is -2.06. The Kier molecular flexibility index (Phi) is 4.32. The van der Waals surface area contributed by atoms with Crippen LogP contribution < -0.4 is 15.0 Å². The van der Waals surface area contributed by atoms with Gasteiger partial charge >= 0.3 is 0 Å². The zero-order valence-electron chi connectivity index (χ0n) is 14.9. The van der Waals surface area contributed by atoms with E-state index in [0.717, 1.165) is 0 Å². The number of imidazole rings is 1. The topological polar surface area (TPSA) is 87.0 Å². The van der Waals surface area contributed by atoms with Crippen molar-refractivity contribution >= 4 is 43.1 Å². The van der Waals surface area contributed by atoms with Gasteiger partial charge in [-0.3, -0.25) is 13.8 Å². The van der Waals surface area contributed by atoms with Crippen molar-refractivity contribution in [1.82, 2.24) is 24.1 Å². The minimum absolute atomic E-state index is 0.259. The number of hydrogen-bond donors (Lipinski definition) is 1. The number of aromatic nitrogens is 5. The van der Waals surface area contributed by atoms with Gasteiger partial charge in [0.2, 0.25) is 0 Å². The van der Waals surface area contributed by atoms with Crippen LogP contribution in [0.4, 0.5) is 0 Å². The van der Waals surface area contributed by atoms with E-state index in [4.69, 9.17) is 21.1 Å². The van der Waals surface area contributed by atoms with Crippen LogP contribution in [0.15, 0.2) is 23.1 Å². The molecule has 27 heavy (non-hydrogen) atoms. The average Bonchev–Trinajstić information content (AvgIpc) is 3.29. The van der Waals surface area contributed by atoms with Crippen LogP contribution in [0.1, 0.15) is 6.92 Å². The standard InChI is InChI=1S/C17H17ClN5O3P/c1-4-22-7-10-15(21-22)14(18)13(17(24)23(10)27)16-19-8-5-11(25-2)12(26-3)6-9(8)20-16/h5-7H,4,27H2,1-3H3,(H,19,20). The number of fused-ring (bicyclic) bond motifs is 2. The van der Waals surface area contributed by atoms with Gasteiger partial charge < -0.3 is 14.5 Å². The molecule has 1 atom stereocenters. The summed E-state index contributed by atoms with van der Waals surface area (Å²) in [5.74, 6) is 1.47. The summed E-state index contributed by atoms with van der Waals surface area (Å²) in [6, 6.07) is 3.51. The lowest BCUT2D eigenvalue weighted by atomic mass is 10.2. The summed E-state index contributed by atoms with van der Waals surface area (Å²) in [7, 11) is 5.52. The molecule has 8 nitrogen and oxygen atoms in total. The van der Waals surface area contributed by atoms with Crippen LogP contribution in [-0.2, 0) is 6.54 Å². The van der Waals surface area contributed by atoms with E-state index in [1.54, 1.807) is 37.2 Å². The highest BCUT2D eigenvalue weighted by Gasteiger charge is 2.21. The van der Waals surface area contributed by atoms with Gasteiger partial charge in [0.1, 0.15) is 16.9 Å². The number of aromatic amines is 1. The number of methoxy groups -OCH3 is 2. The molecule has 0 radical (unpaired) electrons. The van der Waals surface area contributed by atoms with Crippen LogP contribution in [0.3, 0.4) is 0 Å². The van der Waals surface area contributed by atoms with Gasteiger partial charge in [-0.25, -0.2) is 4.98 Å². The fraction of sp³-hybridized carbons (Fsp3) is 0.235. The van der Waals surface area contributed by atoms with Gasteiger partial charge in [0.15, 0.2) is 11.5 Å². The summed E-state index contributed by atoms with van der Waals surface area (Å²) in [6.45, 7) is 2.63. The maximum atomic E-state index is 12.9. The number of rotatable bonds is 4. The first-order valence-corrected chi connectivity index (χ1v) is 9.06. The number of ether oxygens (including phenoxy) is 2. The van der Waals surface area contributed by atoms with E-state index in [9.17, 15) is 4.79 Å². The molecule has 0 saturated carbocycles. The molecule has 0 bridgehead atoms. The molecule has 1 aromatic carbocycles. The lowest BCUT2D eigenvalue weighted by Crippen LogP contribution is -2.16. The Morgan fingerprint density at radius 3 is 2.63 bits per heavy atom. The fourth-order valence-corrected chi connectivity index (χ4v) is 3.63. The molecule has 1 N–H and O–H groups in total. The Morgan fingerprint density at radius 2 is 1.96 bits per heavy atom. The molecule has 3 heterocycles. The van der Waals surface area contributed by atoms with E-state index >= 15 is 0 Å². The Morgan fingerprint density at radius 1 is 1.26 bits per heavy atom. The van der Waals surface area contributed by atoms with Gasteiger partial charge in [-0.05, 0) is 16.3 Å². The molecule has 3 aromatic heterocycles. The first kappa shape index (κ1) is 17.8. The number of hydrogen-bond acceptors (Lipinski definition) is 5. The van der Waals surface area contributed by atoms with Gasteiger partial charge in [0.25, 0.3) is 5.56 Å². The predicted octanol–water partition coefficient (Wildman–Crippen LogP) is 3.07. The zero-order valence-corrected chi connectivity index (χ0v) is 16.8. The van der Waals surface area contributed by atoms with Crippen molar-refractivity contribution in [2.75, 3.05) is 14.2 Å². The van der Waals surface area contributed by atoms with E-state index in [1.165, 1.54) is 4.34 Å². The van der Waals surface area contributed by atoms with Crippen LogP contribution in [-0.4, -0.2) is 38.3 Å². The molecule has 0 saturated heterocycles. The maximum absolute atomic E-state index is 12.9. The average molecular weight is 406 g/mol. The molecule has 1 unspecified atom stereocenters. The summed E-state index contributed by atoms with van der Waals surface area (Å²) < 4.78 is 13.8. The van der Waals surface area contributed by atoms with Crippen LogP contribution in [0.5, 0.6) is 11.5 Å². The second-order valence-electron chi connectivity index (χ2n) is 5.89. The lowest BCUT2D eigenvalue weighted by molar-refractivity contribution is 0.356. The van der Waals surface area contributed by atoms with Gasteiger partial charge in [-0.1, -0.05) is 11.6 Å². The highest BCUT2D eigenvalue weighted by atomic mass is 35.5. The highest BCUT2D eigenvalue weighted by Crippen LogP contribution is 2.34. The first-order valence-electron chi connectivity index (χ1n) is 8.17. The molecular formula is C17H17ClN5O3P. The number of halogens is 1. The fourth-order valence-electron chi connectivity index (χ4n) is 3.01. The van der Waals surface area contributed by atoms with Crippen molar-refractivity contribution in [3.8, 4) is 22.9 Å². The largest absolute Gasteiger partial charge is 0.493 e. The number of H-pyrrole nitrogens is 1. The number of benzene rings is 1. The van der Waals surface area contributed by atoms with Crippen LogP contribution in [0, 0.1) is 0 Å². The second-order valence-corrected chi connectivity index (χ2v) is 6.79. The van der Waals surface area contributed by atoms with Crippen LogP contribution >= 0.6 is 21.0 Å². The minimum atomic E-state index is -0.286. The SMILES string of the molecule is CCn1cc2c(n1)c(Cl)c(-c1nc3cc(OC)c(OC)cc3[nH]1)c(=O)n2P. The van der Waals surface area contributed by atoms with Gasteiger partial charge in [0, 0.05) is 24.9 Å². The third-order valence-corrected chi connectivity index (χ3v) is 5.29. The molecule has 0 aliphatic rings. The molecule has 0 aliphatic heterocycles. The van der Waals surface area contributed by atoms with Crippen molar-refractivity contribution in [2.45, 2.75) is 13.5 Å². The van der Waals surface area contributed by atoms with Gasteiger partial charge in [-0.2, -0.15) is 5.10 Å². The molecule has 0 spiro atoms. The number of pyridine rings is 1. The van der Waals surface area contributed by atoms with E-state index in [2.05, 4.69) is 24.5 Å². The molecular weight excluding hydrogens is 389 g/mol. The molecule has 10 heteroatoms. The number of nitrogens with zero attached hydrogens (tertiary/aromatic N) is 4. The summed E-state index contributed by atoms with van der Waals surface area (Å²) in [5, 5.41) is 4.72. The third kappa shape index (κ3) is 2.67. The summed E-state index contributed by atoms with van der Waals surface area (Å²) in [4.78, 5) is 20.6. The third-order valence-electron chi connectivity index (χ3n) is 4.41. The summed E-state index contributed by atoms with van der Waals surface area (Å²) >= 11 is 6.56. The normalized spacial score (nSPS) is 11.4. The molecule has 0 aliphatic carbocycles. The minimum Gasteiger partial charge on any atom is -0.493 e. The zero-order chi connectivity index (χ0) is 19.3. The molecule has 140 valence electrons. The van der Waals surface area contributed by atoms with Crippen molar-refractivity contribution in [3.63, 3.8) is 0 Å². The molecule has 4 aromatic rings. The van der Waals surface area contributed by atoms with E-state index in [-0.39, 0.29) is 16.1 Å². The van der Waals surface area contributed by atoms with Crippen molar-refractivity contribution in [2.24, 2.45) is 0 Å². The maximum Gasteiger partial charge on any atom is 0.266 e. The molecule has 0 amide bonds. The summed E-state index contributed by atoms with van der Waals surface area (Å²) in [5.41, 5.74) is 2.49. The predicted molar refractivity (Wildman–Crippen MR) is 108 cm³/mol. The Hall–Kier alpha value is -2.57. The van der Waals surface area contributed by atoms with Gasteiger partial charge in [0.05, 0.1) is 35.8 Å². The van der Waals surface area contributed by atoms with Gasteiger partial charge in [-0.15, -0.1) is 0 Å². The Labute approximate surface area is 161 Å². The van der Waals surface area contributed by atoms with Crippen LogP contribution in [0.2, 0.25) is 5.02 Å². The summed E-state index contributed by atoms with van der Waals surface area (Å²) in [6.07, 6.45) is 1.79. The Bertz CT molecular complexity index is 1200. The Balaban J connectivity index is 2.00. The molecule has 0 fully saturated rings. The smallest absolute Gasteiger partial charge is 0.266 e. The van der Waals surface area contributed by atoms with E-state index < -0.39 is 0 Å². The van der Waals surface area contributed by atoms with Crippen LogP contribution in [0.25, 0.3) is 33.5 Å². The molecule has 4 rings (SSSR count). The number of nitrogens with one attached hydrogen (secondary N) is 1. The van der Waals surface area contributed by atoms with Crippen molar-refractivity contribution in [3.05, 3.63) is 33.7 Å². The first-order chi connectivity index (χ1) is 13.0. The highest BCUT2D eigenvalue weighted by molar-refractivity contribution is 7.14. The quantitative estimate of drug-likeness (QED) is 0.527.